The van der Waals surface area contributed by atoms with E-state index in [1.165, 1.54) is 6.33 Å². The molecule has 8 nitrogen and oxygen atoms in total. The van der Waals surface area contributed by atoms with Crippen molar-refractivity contribution in [2.75, 3.05) is 16.0 Å². The average Bonchev–Trinajstić information content (AvgIpc) is 3.33. The van der Waals surface area contributed by atoms with E-state index < -0.39 is 5.41 Å². The first-order valence-electron chi connectivity index (χ1n) is 8.04. The summed E-state index contributed by atoms with van der Waals surface area (Å²) in [6.07, 6.45) is 4.43. The second kappa shape index (κ2) is 5.40. The van der Waals surface area contributed by atoms with Crippen LogP contribution < -0.4 is 16.0 Å². The predicted molar refractivity (Wildman–Crippen MR) is 90.1 cm³/mol. The second-order valence-corrected chi connectivity index (χ2v) is 6.90. The Labute approximate surface area is 139 Å². The minimum absolute atomic E-state index is 0.0178. The Morgan fingerprint density at radius 1 is 1.17 bits per heavy atom. The van der Waals surface area contributed by atoms with Crippen LogP contribution in [0, 0.1) is 5.41 Å². The van der Waals surface area contributed by atoms with Gasteiger partial charge in [-0.05, 0) is 30.9 Å². The van der Waals surface area contributed by atoms with E-state index in [2.05, 4.69) is 35.9 Å². The lowest BCUT2D eigenvalue weighted by Crippen LogP contribution is -2.37. The maximum absolute atomic E-state index is 12.1. The number of aromatic nitrogens is 4. The zero-order valence-electron chi connectivity index (χ0n) is 13.6. The van der Waals surface area contributed by atoms with Crippen molar-refractivity contribution in [1.29, 1.82) is 0 Å². The van der Waals surface area contributed by atoms with E-state index in [1.807, 2.05) is 26.0 Å². The maximum atomic E-state index is 12.1. The summed E-state index contributed by atoms with van der Waals surface area (Å²) in [4.78, 5) is 29.1. The lowest BCUT2D eigenvalue weighted by molar-refractivity contribution is -0.124. The third kappa shape index (κ3) is 2.99. The molecule has 4 rings (SSSR count). The number of carbonyl (C=O) groups excluding carboxylic acids is 1. The van der Waals surface area contributed by atoms with Crippen LogP contribution in [-0.4, -0.2) is 31.9 Å². The molecule has 1 aliphatic heterocycles. The molecule has 0 spiro atoms. The van der Waals surface area contributed by atoms with Crippen LogP contribution in [0.1, 0.15) is 32.3 Å². The number of hydrogen-bond donors (Lipinski definition) is 3. The minimum atomic E-state index is -0.415. The second-order valence-electron chi connectivity index (χ2n) is 6.90. The highest BCUT2D eigenvalue weighted by atomic mass is 16.2. The molecule has 0 unspecified atom stereocenters. The summed E-state index contributed by atoms with van der Waals surface area (Å²) in [6.45, 7) is 3.85. The molecule has 0 bridgehead atoms. The standard InChI is InChI=1S/C16H19N7O/c1-16(2)7-9-3-6-11(20-12(9)22-13(16)24)21-15-18-8-17-14(23-15)19-10-4-5-10/h3,6,8,10H,4-5,7H2,1-2H3,(H3,17,18,19,20,21,22,23,24). The Hall–Kier alpha value is -2.77. The Morgan fingerprint density at radius 2 is 1.96 bits per heavy atom. The Bertz CT molecular complexity index is 801. The van der Waals surface area contributed by atoms with Crippen molar-refractivity contribution in [2.45, 2.75) is 39.2 Å². The summed E-state index contributed by atoms with van der Waals surface area (Å²) in [5, 5.41) is 9.15. The highest BCUT2D eigenvalue weighted by molar-refractivity contribution is 5.97. The maximum Gasteiger partial charge on any atom is 0.233 e. The van der Waals surface area contributed by atoms with Crippen molar-refractivity contribution in [2.24, 2.45) is 5.41 Å². The SMILES string of the molecule is CC1(C)Cc2ccc(Nc3ncnc(NC4CC4)n3)nc2NC1=O. The number of nitrogens with zero attached hydrogens (tertiary/aromatic N) is 4. The van der Waals surface area contributed by atoms with Crippen molar-refractivity contribution in [3.8, 4) is 0 Å². The minimum Gasteiger partial charge on any atom is -0.351 e. The molecule has 3 N–H and O–H groups in total. The predicted octanol–water partition coefficient (Wildman–Crippen LogP) is 2.11. The average molecular weight is 325 g/mol. The van der Waals surface area contributed by atoms with E-state index in [4.69, 9.17) is 0 Å². The van der Waals surface area contributed by atoms with Crippen LogP contribution in [0.4, 0.5) is 23.5 Å². The zero-order chi connectivity index (χ0) is 16.7. The molecule has 2 aromatic heterocycles. The van der Waals surface area contributed by atoms with E-state index in [-0.39, 0.29) is 5.91 Å². The number of anilines is 4. The molecule has 1 fully saturated rings. The lowest BCUT2D eigenvalue weighted by Gasteiger charge is -2.29. The molecule has 2 aliphatic rings. The molecule has 1 amide bonds. The molecule has 0 saturated heterocycles. The van der Waals surface area contributed by atoms with Gasteiger partial charge in [0.1, 0.15) is 18.0 Å². The molecule has 1 aliphatic carbocycles. The molecule has 24 heavy (non-hydrogen) atoms. The van der Waals surface area contributed by atoms with Crippen molar-refractivity contribution in [1.82, 2.24) is 19.9 Å². The topological polar surface area (TPSA) is 105 Å². The molecule has 0 atom stereocenters. The van der Waals surface area contributed by atoms with E-state index in [1.54, 1.807) is 0 Å². The van der Waals surface area contributed by atoms with Gasteiger partial charge in [-0.15, -0.1) is 0 Å². The van der Waals surface area contributed by atoms with Crippen molar-refractivity contribution >= 4 is 29.4 Å². The van der Waals surface area contributed by atoms with Gasteiger partial charge in [-0.25, -0.2) is 15.0 Å². The number of rotatable bonds is 4. The highest BCUT2D eigenvalue weighted by Gasteiger charge is 2.34. The van der Waals surface area contributed by atoms with Crippen LogP contribution >= 0.6 is 0 Å². The molecule has 0 radical (unpaired) electrons. The number of amides is 1. The molecular formula is C16H19N7O. The molecule has 124 valence electrons. The third-order valence-corrected chi connectivity index (χ3v) is 4.18. The van der Waals surface area contributed by atoms with Gasteiger partial charge in [-0.3, -0.25) is 4.79 Å². The molecular weight excluding hydrogens is 306 g/mol. The van der Waals surface area contributed by atoms with E-state index in [0.717, 1.165) is 18.4 Å². The third-order valence-electron chi connectivity index (χ3n) is 4.18. The molecule has 2 aromatic rings. The van der Waals surface area contributed by atoms with Gasteiger partial charge in [0.2, 0.25) is 17.8 Å². The summed E-state index contributed by atoms with van der Waals surface area (Å²) in [5.74, 6) is 2.13. The molecule has 1 saturated carbocycles. The van der Waals surface area contributed by atoms with Gasteiger partial charge in [0, 0.05) is 11.5 Å². The molecule has 0 aromatic carbocycles. The van der Waals surface area contributed by atoms with Crippen LogP contribution in [0.25, 0.3) is 0 Å². The summed E-state index contributed by atoms with van der Waals surface area (Å²) in [5.41, 5.74) is 0.609. The fraction of sp³-hybridized carbons (Fsp3) is 0.438. The number of hydrogen-bond acceptors (Lipinski definition) is 7. The first-order valence-corrected chi connectivity index (χ1v) is 8.04. The van der Waals surface area contributed by atoms with Gasteiger partial charge < -0.3 is 16.0 Å². The van der Waals surface area contributed by atoms with Gasteiger partial charge >= 0.3 is 0 Å². The van der Waals surface area contributed by atoms with E-state index in [9.17, 15) is 4.79 Å². The lowest BCUT2D eigenvalue weighted by atomic mass is 9.82. The van der Waals surface area contributed by atoms with Crippen LogP contribution in [0.15, 0.2) is 18.5 Å². The zero-order valence-corrected chi connectivity index (χ0v) is 13.6. The van der Waals surface area contributed by atoms with Crippen molar-refractivity contribution < 1.29 is 4.79 Å². The quantitative estimate of drug-likeness (QED) is 0.790. The summed E-state index contributed by atoms with van der Waals surface area (Å²) in [7, 11) is 0. The number of pyridine rings is 1. The van der Waals surface area contributed by atoms with E-state index >= 15 is 0 Å². The van der Waals surface area contributed by atoms with Crippen LogP contribution in [-0.2, 0) is 11.2 Å². The Morgan fingerprint density at radius 3 is 2.75 bits per heavy atom. The summed E-state index contributed by atoms with van der Waals surface area (Å²) < 4.78 is 0. The van der Waals surface area contributed by atoms with Crippen LogP contribution in [0.2, 0.25) is 0 Å². The molecule has 8 heteroatoms. The first kappa shape index (κ1) is 14.8. The summed E-state index contributed by atoms with van der Waals surface area (Å²) >= 11 is 0. The van der Waals surface area contributed by atoms with Crippen LogP contribution in [0.5, 0.6) is 0 Å². The normalized spacial score (nSPS) is 18.5. The molecule has 3 heterocycles. The van der Waals surface area contributed by atoms with Crippen LogP contribution in [0.3, 0.4) is 0 Å². The van der Waals surface area contributed by atoms with Gasteiger partial charge in [0.05, 0.1) is 0 Å². The fourth-order valence-corrected chi connectivity index (χ4v) is 2.59. The number of carbonyl (C=O) groups is 1. The Kier molecular flexibility index (Phi) is 3.33. The Balaban J connectivity index is 1.53. The van der Waals surface area contributed by atoms with Gasteiger partial charge in [0.15, 0.2) is 0 Å². The largest absolute Gasteiger partial charge is 0.351 e. The van der Waals surface area contributed by atoms with Gasteiger partial charge in [0.25, 0.3) is 0 Å². The van der Waals surface area contributed by atoms with E-state index in [0.29, 0.717) is 36.0 Å². The van der Waals surface area contributed by atoms with Gasteiger partial charge in [-0.2, -0.15) is 4.98 Å². The van der Waals surface area contributed by atoms with Crippen molar-refractivity contribution in [3.63, 3.8) is 0 Å². The van der Waals surface area contributed by atoms with Crippen molar-refractivity contribution in [3.05, 3.63) is 24.0 Å². The van der Waals surface area contributed by atoms with Gasteiger partial charge in [-0.1, -0.05) is 19.9 Å². The number of fused-ring (bicyclic) bond motifs is 1. The monoisotopic (exact) mass is 325 g/mol. The smallest absolute Gasteiger partial charge is 0.233 e. The first-order chi connectivity index (χ1) is 11.5. The highest BCUT2D eigenvalue weighted by Crippen LogP contribution is 2.33. The summed E-state index contributed by atoms with van der Waals surface area (Å²) in [6, 6.07) is 4.31. The number of nitrogens with one attached hydrogen (secondary N) is 3. The fourth-order valence-electron chi connectivity index (χ4n) is 2.59.